The van der Waals surface area contributed by atoms with Crippen LogP contribution in [0.3, 0.4) is 0 Å². The Labute approximate surface area is 274 Å². The molecule has 2 unspecified atom stereocenters. The predicted octanol–water partition coefficient (Wildman–Crippen LogP) is 7.01. The number of rotatable bonds is 30. The van der Waals surface area contributed by atoms with Gasteiger partial charge in [0, 0.05) is 12.8 Å². The number of unbranched alkanes of at least 4 members (excludes halogenated alkanes) is 11. The van der Waals surface area contributed by atoms with Gasteiger partial charge in [0.1, 0.15) is 12.6 Å². The molecule has 0 saturated carbocycles. The van der Waals surface area contributed by atoms with Crippen LogP contribution in [0, 0.1) is 0 Å². The van der Waals surface area contributed by atoms with Crippen LogP contribution in [0.5, 0.6) is 0 Å². The number of aliphatic carboxylic acids is 1. The van der Waals surface area contributed by atoms with E-state index in [1.165, 1.54) is 57.8 Å². The van der Waals surface area contributed by atoms with Crippen molar-refractivity contribution in [2.24, 2.45) is 0 Å². The molecular weight excluding hydrogens is 570 g/mol. The molecule has 45 heavy (non-hydrogen) atoms. The molecule has 0 rings (SSSR count). The predicted molar refractivity (Wildman–Crippen MR) is 180 cm³/mol. The van der Waals surface area contributed by atoms with E-state index >= 15 is 0 Å². The van der Waals surface area contributed by atoms with Crippen LogP contribution in [0.25, 0.3) is 0 Å². The molecule has 0 aliphatic carbocycles. The topological polar surface area (TPSA) is 102 Å². The van der Waals surface area contributed by atoms with Crippen molar-refractivity contribution in [1.29, 1.82) is 0 Å². The Morgan fingerprint density at radius 1 is 0.689 bits per heavy atom. The SMILES string of the molecule is CC/C=C/C/C=C/C/C=C/CC(=O)OCC(COCCC(C(=O)[O-])[N+](C)(C)C)OC(=O)CCCCCCCCCCCCCC. The molecule has 0 bridgehead atoms. The highest BCUT2D eigenvalue weighted by atomic mass is 16.6. The Bertz CT molecular complexity index is 844. The van der Waals surface area contributed by atoms with Gasteiger partial charge in [0.2, 0.25) is 0 Å². The molecule has 0 aromatic carbocycles. The number of carboxylic acids is 1. The molecule has 0 fully saturated rings. The van der Waals surface area contributed by atoms with Crippen LogP contribution in [-0.2, 0) is 28.6 Å². The van der Waals surface area contributed by atoms with E-state index in [-0.39, 0.29) is 43.1 Å². The van der Waals surface area contributed by atoms with Gasteiger partial charge in [0.05, 0.1) is 46.7 Å². The number of nitrogens with zero attached hydrogens (tertiary/aromatic N) is 1. The minimum Gasteiger partial charge on any atom is -0.544 e. The molecular formula is C37H65NO7. The summed E-state index contributed by atoms with van der Waals surface area (Å²) >= 11 is 0. The number of carbonyl (C=O) groups excluding carboxylic acids is 3. The lowest BCUT2D eigenvalue weighted by Crippen LogP contribution is -2.55. The highest BCUT2D eigenvalue weighted by molar-refractivity contribution is 5.71. The van der Waals surface area contributed by atoms with Crippen LogP contribution in [0.15, 0.2) is 36.5 Å². The van der Waals surface area contributed by atoms with Gasteiger partial charge < -0.3 is 28.6 Å². The summed E-state index contributed by atoms with van der Waals surface area (Å²) < 4.78 is 16.9. The van der Waals surface area contributed by atoms with Crippen LogP contribution >= 0.6 is 0 Å². The van der Waals surface area contributed by atoms with Gasteiger partial charge in [-0.15, -0.1) is 0 Å². The smallest absolute Gasteiger partial charge is 0.309 e. The highest BCUT2D eigenvalue weighted by Crippen LogP contribution is 2.13. The fourth-order valence-corrected chi connectivity index (χ4v) is 4.84. The summed E-state index contributed by atoms with van der Waals surface area (Å²) in [5.41, 5.74) is 0. The normalized spacial score (nSPS) is 13.5. The summed E-state index contributed by atoms with van der Waals surface area (Å²) in [6.07, 6.45) is 29.2. The van der Waals surface area contributed by atoms with Crippen molar-refractivity contribution in [3.05, 3.63) is 36.5 Å². The average molecular weight is 636 g/mol. The molecule has 0 aromatic rings. The molecule has 0 heterocycles. The summed E-state index contributed by atoms with van der Waals surface area (Å²) in [5.74, 6) is -1.89. The zero-order valence-electron chi connectivity index (χ0n) is 29.3. The van der Waals surface area contributed by atoms with Gasteiger partial charge in [-0.25, -0.2) is 0 Å². The van der Waals surface area contributed by atoms with Crippen LogP contribution in [-0.4, -0.2) is 75.5 Å². The van der Waals surface area contributed by atoms with Gasteiger partial charge >= 0.3 is 11.9 Å². The average Bonchev–Trinajstić information content (AvgIpc) is 2.98. The van der Waals surface area contributed by atoms with Crippen LogP contribution in [0.1, 0.15) is 129 Å². The maximum Gasteiger partial charge on any atom is 0.309 e. The summed E-state index contributed by atoms with van der Waals surface area (Å²) in [5, 5.41) is 11.5. The molecule has 0 radical (unpaired) electrons. The Morgan fingerprint density at radius 3 is 1.76 bits per heavy atom. The summed E-state index contributed by atoms with van der Waals surface area (Å²) in [6.45, 7) is 4.40. The number of esters is 2. The third-order valence-electron chi connectivity index (χ3n) is 7.57. The number of carboxylic acid groups (broad SMARTS) is 1. The molecule has 8 nitrogen and oxygen atoms in total. The first kappa shape index (κ1) is 42.6. The van der Waals surface area contributed by atoms with Crippen molar-refractivity contribution >= 4 is 17.9 Å². The van der Waals surface area contributed by atoms with E-state index in [1.807, 2.05) is 6.08 Å². The molecule has 0 amide bonds. The second-order valence-electron chi connectivity index (χ2n) is 12.7. The number of hydrogen-bond acceptors (Lipinski definition) is 7. The van der Waals surface area contributed by atoms with E-state index in [0.717, 1.165) is 38.5 Å². The fourth-order valence-electron chi connectivity index (χ4n) is 4.84. The van der Waals surface area contributed by atoms with E-state index in [4.69, 9.17) is 14.2 Å². The Balaban J connectivity index is 4.55. The molecule has 8 heteroatoms. The first-order valence-electron chi connectivity index (χ1n) is 17.5. The number of allylic oxidation sites excluding steroid dienone is 5. The summed E-state index contributed by atoms with van der Waals surface area (Å²) in [4.78, 5) is 36.4. The molecule has 260 valence electrons. The largest absolute Gasteiger partial charge is 0.544 e. The minimum atomic E-state index is -1.14. The zero-order valence-corrected chi connectivity index (χ0v) is 29.3. The van der Waals surface area contributed by atoms with Gasteiger partial charge in [-0.2, -0.15) is 0 Å². The number of ether oxygens (including phenoxy) is 3. The molecule has 0 N–H and O–H groups in total. The van der Waals surface area contributed by atoms with Crippen molar-refractivity contribution in [1.82, 2.24) is 0 Å². The van der Waals surface area contributed by atoms with Crippen LogP contribution in [0.4, 0.5) is 0 Å². The molecule has 2 atom stereocenters. The lowest BCUT2D eigenvalue weighted by molar-refractivity contribution is -0.889. The monoisotopic (exact) mass is 635 g/mol. The van der Waals surface area contributed by atoms with E-state index in [2.05, 4.69) is 38.2 Å². The molecule has 0 saturated heterocycles. The first-order valence-corrected chi connectivity index (χ1v) is 17.5. The summed E-state index contributed by atoms with van der Waals surface area (Å²) in [7, 11) is 5.36. The number of quaternary nitrogens is 1. The van der Waals surface area contributed by atoms with Gasteiger partial charge in [-0.3, -0.25) is 9.59 Å². The van der Waals surface area contributed by atoms with Crippen LogP contribution < -0.4 is 5.11 Å². The van der Waals surface area contributed by atoms with Crippen molar-refractivity contribution in [2.75, 3.05) is 41.0 Å². The number of carbonyl (C=O) groups is 3. The minimum absolute atomic E-state index is 0.0154. The second kappa shape index (κ2) is 29.0. The Hall–Kier alpha value is -2.45. The van der Waals surface area contributed by atoms with Gasteiger partial charge in [0.15, 0.2) is 6.10 Å². The zero-order chi connectivity index (χ0) is 33.6. The molecule has 0 aromatic heterocycles. The standard InChI is InChI=1S/C37H65NO7/c1-6-8-10-12-14-16-17-18-20-22-24-26-28-36(40)45-33(31-43-30-29-34(37(41)42)38(3,4)5)32-44-35(39)27-25-23-21-19-15-13-11-9-7-2/h9,11,15,19,23,25,33-34H,6-8,10,12-14,16-18,20-22,24,26-32H2,1-5H3/b11-9+,19-15+,25-23+. The Morgan fingerprint density at radius 2 is 1.22 bits per heavy atom. The molecule has 0 aliphatic heterocycles. The van der Waals surface area contributed by atoms with Crippen molar-refractivity contribution in [3.63, 3.8) is 0 Å². The molecule has 0 aliphatic rings. The first-order chi connectivity index (χ1) is 21.6. The molecule has 0 spiro atoms. The van der Waals surface area contributed by atoms with Crippen LogP contribution in [0.2, 0.25) is 0 Å². The van der Waals surface area contributed by atoms with Gasteiger partial charge in [-0.05, 0) is 25.7 Å². The lowest BCUT2D eigenvalue weighted by atomic mass is 10.0. The second-order valence-corrected chi connectivity index (χ2v) is 12.7. The fraction of sp³-hybridized carbons (Fsp3) is 0.757. The van der Waals surface area contributed by atoms with Crippen molar-refractivity contribution in [2.45, 2.75) is 142 Å². The summed E-state index contributed by atoms with van der Waals surface area (Å²) in [6, 6.07) is -0.732. The third-order valence-corrected chi connectivity index (χ3v) is 7.57. The van der Waals surface area contributed by atoms with E-state index in [1.54, 1.807) is 27.2 Å². The maximum atomic E-state index is 12.6. The van der Waals surface area contributed by atoms with E-state index < -0.39 is 24.1 Å². The highest BCUT2D eigenvalue weighted by Gasteiger charge is 2.25. The Kier molecular flexibility index (Phi) is 27.4. The van der Waals surface area contributed by atoms with E-state index in [0.29, 0.717) is 6.42 Å². The van der Waals surface area contributed by atoms with Crippen molar-refractivity contribution in [3.8, 4) is 0 Å². The lowest BCUT2D eigenvalue weighted by Gasteiger charge is -2.34. The third kappa shape index (κ3) is 27.6. The van der Waals surface area contributed by atoms with Crippen molar-refractivity contribution < 1.29 is 38.2 Å². The van der Waals surface area contributed by atoms with Gasteiger partial charge in [0.25, 0.3) is 0 Å². The van der Waals surface area contributed by atoms with E-state index in [9.17, 15) is 19.5 Å². The maximum absolute atomic E-state index is 12.6. The number of hydrogen-bond donors (Lipinski definition) is 0. The number of likely N-dealkylation sites (N-methyl/N-ethyl adjacent to an activating group) is 1. The van der Waals surface area contributed by atoms with Gasteiger partial charge in [-0.1, -0.05) is 121 Å². The quantitative estimate of drug-likeness (QED) is 0.0362.